The van der Waals surface area contributed by atoms with Crippen molar-refractivity contribution in [3.05, 3.63) is 45.0 Å². The highest BCUT2D eigenvalue weighted by atomic mass is 79.9. The van der Waals surface area contributed by atoms with Crippen LogP contribution in [0.2, 0.25) is 0 Å². The molecule has 8 nitrogen and oxygen atoms in total. The summed E-state index contributed by atoms with van der Waals surface area (Å²) < 4.78 is 11.5. The van der Waals surface area contributed by atoms with Gasteiger partial charge in [-0.3, -0.25) is 4.79 Å². The molecule has 1 amide bonds. The second-order valence-corrected chi connectivity index (χ2v) is 5.87. The molecule has 3 N–H and O–H groups in total. The van der Waals surface area contributed by atoms with Gasteiger partial charge in [0.1, 0.15) is 12.4 Å². The maximum absolute atomic E-state index is 11.8. The van der Waals surface area contributed by atoms with Crippen LogP contribution in [0.3, 0.4) is 0 Å². The van der Waals surface area contributed by atoms with E-state index < -0.39 is 5.91 Å². The van der Waals surface area contributed by atoms with Gasteiger partial charge in [-0.2, -0.15) is 5.10 Å². The van der Waals surface area contributed by atoms with E-state index in [-0.39, 0.29) is 11.5 Å². The van der Waals surface area contributed by atoms with Crippen LogP contribution in [0.4, 0.5) is 5.82 Å². The molecular formula is C13H11Br2N5O3. The Morgan fingerprint density at radius 2 is 2.26 bits per heavy atom. The van der Waals surface area contributed by atoms with E-state index in [2.05, 4.69) is 63.9 Å². The van der Waals surface area contributed by atoms with Gasteiger partial charge in [0.2, 0.25) is 11.5 Å². The third-order valence-electron chi connectivity index (χ3n) is 2.48. The van der Waals surface area contributed by atoms with Crippen LogP contribution in [-0.4, -0.2) is 29.0 Å². The second-order valence-electron chi connectivity index (χ2n) is 4.10. The fourth-order valence-corrected chi connectivity index (χ4v) is 2.91. The first-order chi connectivity index (χ1) is 11.0. The summed E-state index contributed by atoms with van der Waals surface area (Å²) in [5, 5.41) is 10.5. The Morgan fingerprint density at radius 1 is 1.48 bits per heavy atom. The molecular weight excluding hydrogens is 434 g/mol. The number of hydrogen-bond acceptors (Lipinski definition) is 7. The highest BCUT2D eigenvalue weighted by molar-refractivity contribution is 9.11. The number of nitrogen functional groups attached to an aromatic ring is 1. The standard InChI is InChI=1S/C13H11Br2N5O3/c1-2-3-22-11-7(4-8(14)5-9(11)15)6-17-18-13(21)10-12(16)20-23-19-10/h2,4-6H,1,3H2,(H2,16,20)(H,18,21). The lowest BCUT2D eigenvalue weighted by atomic mass is 10.2. The van der Waals surface area contributed by atoms with Gasteiger partial charge in [0.25, 0.3) is 5.91 Å². The topological polar surface area (TPSA) is 116 Å². The largest absolute Gasteiger partial charge is 0.488 e. The lowest BCUT2D eigenvalue weighted by Crippen LogP contribution is -2.19. The number of nitrogens with two attached hydrogens (primary N) is 1. The Hall–Kier alpha value is -2.20. The zero-order chi connectivity index (χ0) is 16.8. The first-order valence-corrected chi connectivity index (χ1v) is 7.75. The van der Waals surface area contributed by atoms with Crippen LogP contribution < -0.4 is 15.9 Å². The number of nitrogens with one attached hydrogen (secondary N) is 1. The highest BCUT2D eigenvalue weighted by Gasteiger charge is 2.15. The Labute approximate surface area is 148 Å². The number of nitrogens with zero attached hydrogens (tertiary/aromatic N) is 3. The average molecular weight is 445 g/mol. The van der Waals surface area contributed by atoms with Gasteiger partial charge in [0.05, 0.1) is 10.7 Å². The molecule has 0 aliphatic rings. The van der Waals surface area contributed by atoms with Gasteiger partial charge < -0.3 is 10.5 Å². The van der Waals surface area contributed by atoms with E-state index in [1.807, 2.05) is 6.07 Å². The summed E-state index contributed by atoms with van der Waals surface area (Å²) in [6.45, 7) is 3.93. The van der Waals surface area contributed by atoms with Gasteiger partial charge in [0, 0.05) is 10.0 Å². The summed E-state index contributed by atoms with van der Waals surface area (Å²) in [6.07, 6.45) is 3.05. The Kier molecular flexibility index (Phi) is 5.88. The number of ether oxygens (including phenoxy) is 1. The van der Waals surface area contributed by atoms with Crippen molar-refractivity contribution in [1.29, 1.82) is 0 Å². The fraction of sp³-hybridized carbons (Fsp3) is 0.0769. The zero-order valence-corrected chi connectivity index (χ0v) is 14.8. The number of rotatable bonds is 6. The van der Waals surface area contributed by atoms with Crippen LogP contribution in [0.1, 0.15) is 16.1 Å². The maximum Gasteiger partial charge on any atom is 0.297 e. The molecule has 0 saturated carbocycles. The van der Waals surface area contributed by atoms with E-state index in [4.69, 9.17) is 10.5 Å². The molecule has 1 aromatic heterocycles. The van der Waals surface area contributed by atoms with E-state index >= 15 is 0 Å². The summed E-state index contributed by atoms with van der Waals surface area (Å²) in [7, 11) is 0. The van der Waals surface area contributed by atoms with Crippen molar-refractivity contribution < 1.29 is 14.2 Å². The van der Waals surface area contributed by atoms with E-state index in [9.17, 15) is 4.79 Å². The van der Waals surface area contributed by atoms with E-state index in [1.165, 1.54) is 6.21 Å². The molecule has 0 aliphatic heterocycles. The molecule has 0 unspecified atom stereocenters. The minimum Gasteiger partial charge on any atom is -0.488 e. The highest BCUT2D eigenvalue weighted by Crippen LogP contribution is 2.32. The van der Waals surface area contributed by atoms with Crippen LogP contribution in [0, 0.1) is 0 Å². The first kappa shape index (κ1) is 17.2. The molecule has 0 aliphatic carbocycles. The van der Waals surface area contributed by atoms with Gasteiger partial charge in [-0.05, 0) is 38.4 Å². The smallest absolute Gasteiger partial charge is 0.297 e. The van der Waals surface area contributed by atoms with Crippen molar-refractivity contribution in [2.45, 2.75) is 0 Å². The molecule has 0 radical (unpaired) electrons. The summed E-state index contributed by atoms with van der Waals surface area (Å²) in [6, 6.07) is 3.61. The lowest BCUT2D eigenvalue weighted by Gasteiger charge is -2.10. The number of halogens is 2. The number of carbonyl (C=O) groups is 1. The summed E-state index contributed by atoms with van der Waals surface area (Å²) >= 11 is 6.78. The molecule has 1 aromatic carbocycles. The molecule has 0 atom stereocenters. The summed E-state index contributed by atoms with van der Waals surface area (Å²) in [5.74, 6) is -0.186. The summed E-state index contributed by atoms with van der Waals surface area (Å²) in [4.78, 5) is 11.8. The van der Waals surface area contributed by atoms with E-state index in [0.717, 1.165) is 8.95 Å². The predicted octanol–water partition coefficient (Wildman–Crippen LogP) is 2.51. The Bertz CT molecular complexity index is 760. The molecule has 120 valence electrons. The van der Waals surface area contributed by atoms with Gasteiger partial charge in [0.15, 0.2) is 0 Å². The molecule has 2 rings (SSSR count). The van der Waals surface area contributed by atoms with Crippen molar-refractivity contribution in [2.24, 2.45) is 5.10 Å². The number of hydrazone groups is 1. The van der Waals surface area contributed by atoms with Crippen LogP contribution in [0.25, 0.3) is 0 Å². The Balaban J connectivity index is 2.16. The zero-order valence-electron chi connectivity index (χ0n) is 11.6. The van der Waals surface area contributed by atoms with Gasteiger partial charge in [-0.1, -0.05) is 28.6 Å². The SMILES string of the molecule is C=CCOc1c(Br)cc(Br)cc1C=NNC(=O)c1nonc1N. The van der Waals surface area contributed by atoms with Crippen molar-refractivity contribution in [1.82, 2.24) is 15.7 Å². The maximum atomic E-state index is 11.8. The molecule has 0 bridgehead atoms. The van der Waals surface area contributed by atoms with Crippen LogP contribution in [-0.2, 0) is 0 Å². The first-order valence-electron chi connectivity index (χ1n) is 6.17. The lowest BCUT2D eigenvalue weighted by molar-refractivity contribution is 0.0946. The molecule has 23 heavy (non-hydrogen) atoms. The average Bonchev–Trinajstić information content (AvgIpc) is 2.92. The fourth-order valence-electron chi connectivity index (χ4n) is 1.54. The number of carbonyl (C=O) groups excluding carboxylic acids is 1. The van der Waals surface area contributed by atoms with Crippen LogP contribution >= 0.6 is 31.9 Å². The third kappa shape index (κ3) is 4.39. The molecule has 1 heterocycles. The second kappa shape index (κ2) is 7.88. The summed E-state index contributed by atoms with van der Waals surface area (Å²) in [5.41, 5.74) is 8.20. The number of anilines is 1. The molecule has 0 spiro atoms. The van der Waals surface area contributed by atoms with Gasteiger partial charge in [-0.25, -0.2) is 10.1 Å². The minimum absolute atomic E-state index is 0.113. The predicted molar refractivity (Wildman–Crippen MR) is 91.3 cm³/mol. The Morgan fingerprint density at radius 3 is 2.91 bits per heavy atom. The molecule has 0 fully saturated rings. The van der Waals surface area contributed by atoms with Gasteiger partial charge in [-0.15, -0.1) is 0 Å². The quantitative estimate of drug-likeness (QED) is 0.401. The van der Waals surface area contributed by atoms with Crippen molar-refractivity contribution in [3.63, 3.8) is 0 Å². The minimum atomic E-state index is -0.636. The van der Waals surface area contributed by atoms with E-state index in [1.54, 1.807) is 12.1 Å². The van der Waals surface area contributed by atoms with E-state index in [0.29, 0.717) is 17.9 Å². The monoisotopic (exact) mass is 443 g/mol. The van der Waals surface area contributed by atoms with Crippen molar-refractivity contribution >= 4 is 49.8 Å². The van der Waals surface area contributed by atoms with Crippen molar-refractivity contribution in [3.8, 4) is 5.75 Å². The van der Waals surface area contributed by atoms with Crippen molar-refractivity contribution in [2.75, 3.05) is 12.3 Å². The third-order valence-corrected chi connectivity index (χ3v) is 3.53. The molecule has 2 aromatic rings. The molecule has 0 saturated heterocycles. The normalized spacial score (nSPS) is 10.7. The number of hydrogen-bond donors (Lipinski definition) is 2. The van der Waals surface area contributed by atoms with Crippen LogP contribution in [0.15, 0.2) is 43.5 Å². The van der Waals surface area contributed by atoms with Gasteiger partial charge >= 0.3 is 0 Å². The molecule has 10 heteroatoms. The van der Waals surface area contributed by atoms with Crippen LogP contribution in [0.5, 0.6) is 5.75 Å². The number of amides is 1. The number of benzene rings is 1. The number of aromatic nitrogens is 2.